The molecule has 5 nitrogen and oxygen atoms in total. The molecule has 1 aromatic carbocycles. The van der Waals surface area contributed by atoms with E-state index in [-0.39, 0.29) is 5.91 Å². The van der Waals surface area contributed by atoms with Crippen LogP contribution in [0.25, 0.3) is 0 Å². The predicted molar refractivity (Wildman–Crippen MR) is 111 cm³/mol. The lowest BCUT2D eigenvalue weighted by atomic mass is 10.2. The lowest BCUT2D eigenvalue weighted by Crippen LogP contribution is -2.46. The van der Waals surface area contributed by atoms with Crippen LogP contribution in [0.2, 0.25) is 0 Å². The summed E-state index contributed by atoms with van der Waals surface area (Å²) >= 11 is 1.52. The number of nitrogens with one attached hydrogen (secondary N) is 1. The van der Waals surface area contributed by atoms with Gasteiger partial charge in [0.25, 0.3) is 5.91 Å². The van der Waals surface area contributed by atoms with Gasteiger partial charge >= 0.3 is 0 Å². The molecule has 1 amide bonds. The molecule has 0 radical (unpaired) electrons. The van der Waals surface area contributed by atoms with Crippen molar-refractivity contribution in [2.24, 2.45) is 0 Å². The van der Waals surface area contributed by atoms with E-state index in [1.54, 1.807) is 0 Å². The number of carbonyl (C=O) groups excluding carboxylic acids is 1. The van der Waals surface area contributed by atoms with Gasteiger partial charge in [0.15, 0.2) is 0 Å². The molecule has 0 bridgehead atoms. The molecule has 1 fully saturated rings. The Labute approximate surface area is 166 Å². The van der Waals surface area contributed by atoms with E-state index in [1.165, 1.54) is 16.9 Å². The monoisotopic (exact) mass is 386 g/mol. The van der Waals surface area contributed by atoms with E-state index in [9.17, 15) is 4.79 Å². The third kappa shape index (κ3) is 5.86. The largest absolute Gasteiger partial charge is 0.351 e. The Balaban J connectivity index is 1.32. The van der Waals surface area contributed by atoms with E-state index in [4.69, 9.17) is 0 Å². The zero-order valence-electron chi connectivity index (χ0n) is 16.4. The van der Waals surface area contributed by atoms with Gasteiger partial charge in [0.1, 0.15) is 4.88 Å². The second-order valence-corrected chi connectivity index (χ2v) is 8.17. The van der Waals surface area contributed by atoms with Crippen molar-refractivity contribution in [3.8, 4) is 0 Å². The van der Waals surface area contributed by atoms with Gasteiger partial charge in [-0.05, 0) is 31.9 Å². The fourth-order valence-corrected chi connectivity index (χ4v) is 4.33. The maximum absolute atomic E-state index is 12.3. The highest BCUT2D eigenvalue weighted by atomic mass is 32.1. The first-order valence-corrected chi connectivity index (χ1v) is 10.7. The summed E-state index contributed by atoms with van der Waals surface area (Å²) < 4.78 is 0. The Kier molecular flexibility index (Phi) is 7.38. The summed E-state index contributed by atoms with van der Waals surface area (Å²) in [5.41, 5.74) is 2.24. The third-order valence-electron chi connectivity index (χ3n) is 5.00. The van der Waals surface area contributed by atoms with Crippen LogP contribution in [0.1, 0.15) is 39.3 Å². The number of carbonyl (C=O) groups is 1. The fraction of sp³-hybridized carbons (Fsp3) is 0.524. The van der Waals surface area contributed by atoms with E-state index in [0.717, 1.165) is 74.2 Å². The second-order valence-electron chi connectivity index (χ2n) is 7.09. The number of benzene rings is 1. The minimum Gasteiger partial charge on any atom is -0.351 e. The number of amides is 1. The summed E-state index contributed by atoms with van der Waals surface area (Å²) in [6, 6.07) is 10.7. The van der Waals surface area contributed by atoms with Crippen LogP contribution < -0.4 is 5.32 Å². The molecule has 1 aliphatic rings. The topological polar surface area (TPSA) is 48.5 Å². The molecule has 0 saturated carbocycles. The second kappa shape index (κ2) is 9.97. The van der Waals surface area contributed by atoms with Crippen LogP contribution in [0.3, 0.4) is 0 Å². The van der Waals surface area contributed by atoms with Crippen LogP contribution in [-0.4, -0.2) is 60.0 Å². The van der Waals surface area contributed by atoms with Crippen LogP contribution in [0.4, 0.5) is 0 Å². The molecule has 0 spiro atoms. The van der Waals surface area contributed by atoms with Crippen molar-refractivity contribution in [2.75, 3.05) is 39.3 Å². The van der Waals surface area contributed by atoms with Gasteiger partial charge in [0, 0.05) is 39.3 Å². The van der Waals surface area contributed by atoms with Gasteiger partial charge in [-0.25, -0.2) is 4.98 Å². The summed E-state index contributed by atoms with van der Waals surface area (Å²) in [5.74, 6) is 0.0254. The molecule has 146 valence electrons. The Hall–Kier alpha value is -1.76. The van der Waals surface area contributed by atoms with Crippen LogP contribution in [0.5, 0.6) is 0 Å². The predicted octanol–water partition coefficient (Wildman–Crippen LogP) is 2.95. The lowest BCUT2D eigenvalue weighted by Gasteiger charge is -2.34. The number of hydrogen-bond acceptors (Lipinski definition) is 5. The van der Waals surface area contributed by atoms with E-state index < -0.39 is 0 Å². The van der Waals surface area contributed by atoms with Crippen molar-refractivity contribution in [3.63, 3.8) is 0 Å². The highest BCUT2D eigenvalue weighted by molar-refractivity contribution is 7.13. The zero-order valence-corrected chi connectivity index (χ0v) is 17.2. The number of piperazine rings is 1. The first-order valence-electron chi connectivity index (χ1n) is 9.89. The van der Waals surface area contributed by atoms with Crippen molar-refractivity contribution in [3.05, 3.63) is 51.5 Å². The van der Waals surface area contributed by atoms with Crippen LogP contribution in [0.15, 0.2) is 30.3 Å². The summed E-state index contributed by atoms with van der Waals surface area (Å²) in [5, 5.41) is 4.09. The Morgan fingerprint density at radius 3 is 2.52 bits per heavy atom. The van der Waals surface area contributed by atoms with E-state index in [1.807, 2.05) is 6.92 Å². The number of aryl methyl sites for hydroxylation is 2. The number of nitrogens with zero attached hydrogens (tertiary/aromatic N) is 3. The molecule has 27 heavy (non-hydrogen) atoms. The molecule has 0 aliphatic carbocycles. The van der Waals surface area contributed by atoms with Gasteiger partial charge in [-0.1, -0.05) is 37.3 Å². The number of hydrogen-bond donors (Lipinski definition) is 1. The molecule has 1 aromatic heterocycles. The van der Waals surface area contributed by atoms with Crippen molar-refractivity contribution in [2.45, 2.75) is 33.2 Å². The van der Waals surface area contributed by atoms with Crippen LogP contribution in [0, 0.1) is 6.92 Å². The molecule has 3 rings (SSSR count). The number of thiazole rings is 1. The molecule has 2 aromatic rings. The molecule has 6 heteroatoms. The van der Waals surface area contributed by atoms with Crippen molar-refractivity contribution in [1.29, 1.82) is 0 Å². The van der Waals surface area contributed by atoms with E-state index >= 15 is 0 Å². The SMILES string of the molecule is CCc1nc(C)c(C(=O)NCCCN2CCN(Cc3ccccc3)CC2)s1. The maximum Gasteiger partial charge on any atom is 0.263 e. The van der Waals surface area contributed by atoms with Gasteiger partial charge in [-0.3, -0.25) is 9.69 Å². The number of aromatic nitrogens is 1. The van der Waals surface area contributed by atoms with Crippen molar-refractivity contribution >= 4 is 17.2 Å². The van der Waals surface area contributed by atoms with Gasteiger partial charge < -0.3 is 10.2 Å². The average molecular weight is 387 g/mol. The number of rotatable bonds is 8. The quantitative estimate of drug-likeness (QED) is 0.709. The Morgan fingerprint density at radius 1 is 1.15 bits per heavy atom. The maximum atomic E-state index is 12.3. The molecule has 1 N–H and O–H groups in total. The Bertz CT molecular complexity index is 723. The minimum absolute atomic E-state index is 0.0254. The minimum atomic E-state index is 0.0254. The molecule has 2 heterocycles. The zero-order chi connectivity index (χ0) is 19.1. The van der Waals surface area contributed by atoms with Gasteiger partial charge in [-0.15, -0.1) is 11.3 Å². The molecule has 1 aliphatic heterocycles. The van der Waals surface area contributed by atoms with Gasteiger partial charge in [0.05, 0.1) is 10.7 Å². The smallest absolute Gasteiger partial charge is 0.263 e. The average Bonchev–Trinajstić information content (AvgIpc) is 3.08. The third-order valence-corrected chi connectivity index (χ3v) is 6.30. The molecule has 0 atom stereocenters. The van der Waals surface area contributed by atoms with E-state index in [2.05, 4.69) is 57.4 Å². The highest BCUT2D eigenvalue weighted by Gasteiger charge is 2.17. The van der Waals surface area contributed by atoms with Gasteiger partial charge in [-0.2, -0.15) is 0 Å². The van der Waals surface area contributed by atoms with Gasteiger partial charge in [0.2, 0.25) is 0 Å². The molecule has 1 saturated heterocycles. The summed E-state index contributed by atoms with van der Waals surface area (Å²) in [4.78, 5) is 22.5. The molecular weight excluding hydrogens is 356 g/mol. The van der Waals surface area contributed by atoms with Crippen molar-refractivity contribution < 1.29 is 4.79 Å². The molecule has 0 unspecified atom stereocenters. The first-order chi connectivity index (χ1) is 13.2. The first kappa shape index (κ1) is 20.0. The summed E-state index contributed by atoms with van der Waals surface area (Å²) in [7, 11) is 0. The lowest BCUT2D eigenvalue weighted by molar-refractivity contribution is 0.0950. The van der Waals surface area contributed by atoms with E-state index in [0.29, 0.717) is 0 Å². The normalized spacial score (nSPS) is 15.8. The summed E-state index contributed by atoms with van der Waals surface area (Å²) in [6.07, 6.45) is 1.87. The molecular formula is C21H30N4OS. The van der Waals surface area contributed by atoms with Crippen molar-refractivity contribution in [1.82, 2.24) is 20.1 Å². The summed E-state index contributed by atoms with van der Waals surface area (Å²) in [6.45, 7) is 11.2. The standard InChI is InChI=1S/C21H30N4OS/c1-3-19-23-17(2)20(27-19)21(26)22-10-7-11-24-12-14-25(15-13-24)16-18-8-5-4-6-9-18/h4-6,8-9H,3,7,10-16H2,1-2H3,(H,22,26). The Morgan fingerprint density at radius 2 is 1.85 bits per heavy atom. The van der Waals surface area contributed by atoms with Crippen LogP contribution >= 0.6 is 11.3 Å². The van der Waals surface area contributed by atoms with Crippen LogP contribution in [-0.2, 0) is 13.0 Å². The highest BCUT2D eigenvalue weighted by Crippen LogP contribution is 2.18. The fourth-order valence-electron chi connectivity index (χ4n) is 3.41.